The number of carbonyl (C=O) groups is 1. The molecule has 1 aromatic carbocycles. The van der Waals surface area contributed by atoms with Gasteiger partial charge in [0.25, 0.3) is 5.91 Å². The van der Waals surface area contributed by atoms with Crippen molar-refractivity contribution in [3.63, 3.8) is 0 Å². The van der Waals surface area contributed by atoms with E-state index in [0.717, 1.165) is 6.54 Å². The number of benzene rings is 1. The van der Waals surface area contributed by atoms with Crippen LogP contribution in [0.2, 0.25) is 0 Å². The molecule has 9 nitrogen and oxygen atoms in total. The molecule has 9 heteroatoms. The van der Waals surface area contributed by atoms with Crippen molar-refractivity contribution < 1.29 is 33.6 Å². The first-order valence-electron chi connectivity index (χ1n) is 11.9. The molecular formula is C25H42N2O7. The SMILES string of the molecule is COc1cc(C(=O)N(CC(C)C)C[C@H]2CN(C[C@@H](O)COC(C)C)CCO2)cc(OC)c1OC. The fourth-order valence-corrected chi connectivity index (χ4v) is 4.03. The molecule has 0 saturated carbocycles. The minimum absolute atomic E-state index is 0.0814. The van der Waals surface area contributed by atoms with E-state index in [4.69, 9.17) is 23.7 Å². The zero-order chi connectivity index (χ0) is 25.3. The lowest BCUT2D eigenvalue weighted by atomic mass is 10.1. The Labute approximate surface area is 203 Å². The van der Waals surface area contributed by atoms with E-state index < -0.39 is 6.10 Å². The maximum atomic E-state index is 13.5. The molecule has 1 aliphatic rings. The molecule has 0 bridgehead atoms. The summed E-state index contributed by atoms with van der Waals surface area (Å²) in [6.45, 7) is 11.8. The largest absolute Gasteiger partial charge is 0.493 e. The zero-order valence-electron chi connectivity index (χ0n) is 21.7. The Kier molecular flexibility index (Phi) is 11.4. The number of aliphatic hydroxyl groups is 1. The van der Waals surface area contributed by atoms with Gasteiger partial charge in [-0.05, 0) is 31.9 Å². The molecule has 1 N–H and O–H groups in total. The summed E-state index contributed by atoms with van der Waals surface area (Å²) in [7, 11) is 4.59. The number of aliphatic hydroxyl groups excluding tert-OH is 1. The first-order chi connectivity index (χ1) is 16.2. The van der Waals surface area contributed by atoms with Crippen molar-refractivity contribution in [1.29, 1.82) is 0 Å². The summed E-state index contributed by atoms with van der Waals surface area (Å²) in [4.78, 5) is 17.5. The summed E-state index contributed by atoms with van der Waals surface area (Å²) in [5.74, 6) is 1.47. The van der Waals surface area contributed by atoms with Gasteiger partial charge in [-0.15, -0.1) is 0 Å². The van der Waals surface area contributed by atoms with Crippen molar-refractivity contribution in [2.24, 2.45) is 5.92 Å². The van der Waals surface area contributed by atoms with Crippen LogP contribution < -0.4 is 14.2 Å². The standard InChI is InChI=1S/C25H42N2O7/c1-17(2)12-27(25(29)19-10-22(30-5)24(32-7)23(11-19)31-6)15-21-14-26(8-9-33-21)13-20(28)16-34-18(3)4/h10-11,17-18,20-21,28H,8-9,12-16H2,1-7H3/t20-,21-/m1/s1. The van der Waals surface area contributed by atoms with Crippen LogP contribution >= 0.6 is 0 Å². The van der Waals surface area contributed by atoms with Crippen LogP contribution in [-0.2, 0) is 9.47 Å². The van der Waals surface area contributed by atoms with Crippen molar-refractivity contribution in [2.75, 3.05) is 67.3 Å². The number of hydrogen-bond acceptors (Lipinski definition) is 8. The Hall–Kier alpha value is -2.07. The van der Waals surface area contributed by atoms with Crippen LogP contribution in [0.1, 0.15) is 38.1 Å². The van der Waals surface area contributed by atoms with Crippen molar-refractivity contribution in [3.05, 3.63) is 17.7 Å². The van der Waals surface area contributed by atoms with Crippen LogP contribution in [0.15, 0.2) is 12.1 Å². The van der Waals surface area contributed by atoms with E-state index in [2.05, 4.69) is 18.7 Å². The Morgan fingerprint density at radius 2 is 1.79 bits per heavy atom. The molecule has 0 radical (unpaired) electrons. The van der Waals surface area contributed by atoms with E-state index in [1.165, 1.54) is 21.3 Å². The monoisotopic (exact) mass is 482 g/mol. The van der Waals surface area contributed by atoms with E-state index in [1.54, 1.807) is 12.1 Å². The lowest BCUT2D eigenvalue weighted by Gasteiger charge is -2.37. The third-order valence-corrected chi connectivity index (χ3v) is 5.52. The molecular weight excluding hydrogens is 440 g/mol. The van der Waals surface area contributed by atoms with E-state index in [1.807, 2.05) is 18.7 Å². The molecule has 0 aromatic heterocycles. The molecule has 1 amide bonds. The van der Waals surface area contributed by atoms with Crippen LogP contribution in [0, 0.1) is 5.92 Å². The molecule has 1 saturated heterocycles. The molecule has 1 heterocycles. The molecule has 0 spiro atoms. The number of rotatable bonds is 13. The van der Waals surface area contributed by atoms with Crippen molar-refractivity contribution in [1.82, 2.24) is 9.80 Å². The van der Waals surface area contributed by atoms with Crippen molar-refractivity contribution in [2.45, 2.75) is 46.0 Å². The number of ether oxygens (including phenoxy) is 5. The number of carbonyl (C=O) groups excluding carboxylic acids is 1. The van der Waals surface area contributed by atoms with Gasteiger partial charge in [0, 0.05) is 38.3 Å². The molecule has 0 aliphatic carbocycles. The summed E-state index contributed by atoms with van der Waals surface area (Å²) in [5.41, 5.74) is 0.462. The summed E-state index contributed by atoms with van der Waals surface area (Å²) in [6, 6.07) is 3.35. The summed E-state index contributed by atoms with van der Waals surface area (Å²) in [5, 5.41) is 10.3. The second kappa shape index (κ2) is 13.7. The Morgan fingerprint density at radius 3 is 2.32 bits per heavy atom. The van der Waals surface area contributed by atoms with E-state index in [-0.39, 0.29) is 24.0 Å². The van der Waals surface area contributed by atoms with E-state index >= 15 is 0 Å². The maximum Gasteiger partial charge on any atom is 0.254 e. The number of amides is 1. The second-order valence-electron chi connectivity index (χ2n) is 9.31. The number of methoxy groups -OCH3 is 3. The average molecular weight is 483 g/mol. The molecule has 1 aliphatic heterocycles. The number of β-amino-alcohol motifs (C(OH)–C–C–N with tert-alkyl or cyclic N) is 1. The highest BCUT2D eigenvalue weighted by Crippen LogP contribution is 2.38. The molecule has 1 fully saturated rings. The zero-order valence-corrected chi connectivity index (χ0v) is 21.7. The molecule has 194 valence electrons. The van der Waals surface area contributed by atoms with Crippen LogP contribution in [0.5, 0.6) is 17.2 Å². The quantitative estimate of drug-likeness (QED) is 0.458. The topological polar surface area (TPSA) is 89.9 Å². The normalized spacial score (nSPS) is 17.6. The molecule has 2 atom stereocenters. The summed E-state index contributed by atoms with van der Waals surface area (Å²) >= 11 is 0. The second-order valence-corrected chi connectivity index (χ2v) is 9.31. The van der Waals surface area contributed by atoms with E-state index in [0.29, 0.717) is 62.2 Å². The maximum absolute atomic E-state index is 13.5. The van der Waals surface area contributed by atoms with Gasteiger partial charge in [-0.1, -0.05) is 13.8 Å². The molecule has 34 heavy (non-hydrogen) atoms. The van der Waals surface area contributed by atoms with Gasteiger partial charge >= 0.3 is 0 Å². The number of morpholine rings is 1. The third kappa shape index (κ3) is 8.30. The lowest BCUT2D eigenvalue weighted by molar-refractivity contribution is -0.0631. The first-order valence-corrected chi connectivity index (χ1v) is 11.9. The highest BCUT2D eigenvalue weighted by Gasteiger charge is 2.28. The fraction of sp³-hybridized carbons (Fsp3) is 0.720. The molecule has 0 unspecified atom stereocenters. The fourth-order valence-electron chi connectivity index (χ4n) is 4.03. The van der Waals surface area contributed by atoms with Gasteiger partial charge < -0.3 is 33.7 Å². The Balaban J connectivity index is 2.13. The van der Waals surface area contributed by atoms with Crippen molar-refractivity contribution >= 4 is 5.91 Å². The van der Waals surface area contributed by atoms with E-state index in [9.17, 15) is 9.90 Å². The first kappa shape index (κ1) is 28.2. The van der Waals surface area contributed by atoms with Gasteiger partial charge in [0.05, 0.1) is 52.9 Å². The van der Waals surface area contributed by atoms with Gasteiger partial charge in [0.2, 0.25) is 5.75 Å². The summed E-state index contributed by atoms with van der Waals surface area (Å²) < 4.78 is 27.8. The van der Waals surface area contributed by atoms with Crippen molar-refractivity contribution in [3.8, 4) is 17.2 Å². The number of hydrogen-bond donors (Lipinski definition) is 1. The molecule has 2 rings (SSSR count). The van der Waals surface area contributed by atoms with Gasteiger partial charge in [0.1, 0.15) is 0 Å². The smallest absolute Gasteiger partial charge is 0.254 e. The van der Waals surface area contributed by atoms with Crippen LogP contribution in [0.3, 0.4) is 0 Å². The predicted octanol–water partition coefficient (Wildman–Crippen LogP) is 2.30. The minimum Gasteiger partial charge on any atom is -0.493 e. The Morgan fingerprint density at radius 1 is 1.15 bits per heavy atom. The predicted molar refractivity (Wildman–Crippen MR) is 130 cm³/mol. The van der Waals surface area contributed by atoms with Gasteiger partial charge in [-0.25, -0.2) is 0 Å². The van der Waals surface area contributed by atoms with Gasteiger partial charge in [-0.3, -0.25) is 9.69 Å². The Bertz CT molecular complexity index is 747. The number of nitrogens with zero attached hydrogens (tertiary/aromatic N) is 2. The van der Waals surface area contributed by atoms with Crippen LogP contribution in [0.4, 0.5) is 0 Å². The third-order valence-electron chi connectivity index (χ3n) is 5.52. The average Bonchev–Trinajstić information content (AvgIpc) is 2.80. The summed E-state index contributed by atoms with van der Waals surface area (Å²) in [6.07, 6.45) is -0.636. The van der Waals surface area contributed by atoms with Gasteiger partial charge in [0.15, 0.2) is 11.5 Å². The highest BCUT2D eigenvalue weighted by atomic mass is 16.5. The lowest BCUT2D eigenvalue weighted by Crippen LogP contribution is -2.51. The highest BCUT2D eigenvalue weighted by molar-refractivity contribution is 5.95. The van der Waals surface area contributed by atoms with Crippen LogP contribution in [0.25, 0.3) is 0 Å². The van der Waals surface area contributed by atoms with Gasteiger partial charge in [-0.2, -0.15) is 0 Å². The molecule has 1 aromatic rings. The van der Waals surface area contributed by atoms with Crippen LogP contribution in [-0.4, -0.2) is 106 Å². The minimum atomic E-state index is -0.561.